The van der Waals surface area contributed by atoms with E-state index < -0.39 is 0 Å². The van der Waals surface area contributed by atoms with Crippen LogP contribution in [0.1, 0.15) is 26.3 Å². The van der Waals surface area contributed by atoms with E-state index in [1.165, 1.54) is 5.56 Å². The zero-order valence-corrected chi connectivity index (χ0v) is 14.9. The third kappa shape index (κ3) is 5.41. The van der Waals surface area contributed by atoms with Crippen LogP contribution < -0.4 is 0 Å². The summed E-state index contributed by atoms with van der Waals surface area (Å²) >= 11 is 7.17. The van der Waals surface area contributed by atoms with Crippen molar-refractivity contribution in [2.24, 2.45) is 11.3 Å². The fourth-order valence-electron chi connectivity index (χ4n) is 1.94. The van der Waals surface area contributed by atoms with Gasteiger partial charge in [0.1, 0.15) is 0 Å². The molecule has 0 fully saturated rings. The number of benzene rings is 1. The number of hydrogen-bond acceptors (Lipinski definition) is 1. The maximum Gasteiger partial charge on any atom is 0.0231 e. The minimum absolute atomic E-state index is 0.342. The van der Waals surface area contributed by atoms with Crippen LogP contribution >= 0.6 is 31.9 Å². The summed E-state index contributed by atoms with van der Waals surface area (Å²) < 4.78 is 1.15. The van der Waals surface area contributed by atoms with Crippen molar-refractivity contribution >= 4 is 31.9 Å². The first kappa shape index (κ1) is 16.2. The Morgan fingerprint density at radius 1 is 1.28 bits per heavy atom. The largest absolute Gasteiger partial charge is 0.302 e. The summed E-state index contributed by atoms with van der Waals surface area (Å²) in [6.07, 6.45) is 0. The Morgan fingerprint density at radius 2 is 1.94 bits per heavy atom. The van der Waals surface area contributed by atoms with Gasteiger partial charge in [0.15, 0.2) is 0 Å². The highest BCUT2D eigenvalue weighted by atomic mass is 79.9. The molecule has 0 aliphatic heterocycles. The standard InChI is InChI=1S/C15H23Br2N/c1-15(2,3)13(9-16)11-18(4)10-12-6-5-7-14(17)8-12/h5-8,13H,9-11H2,1-4H3. The van der Waals surface area contributed by atoms with Crippen molar-refractivity contribution in [1.82, 2.24) is 4.90 Å². The van der Waals surface area contributed by atoms with Crippen molar-refractivity contribution in [1.29, 1.82) is 0 Å². The molecule has 0 radical (unpaired) electrons. The molecule has 1 aromatic carbocycles. The van der Waals surface area contributed by atoms with Crippen LogP contribution in [0.3, 0.4) is 0 Å². The Kier molecular flexibility index (Phi) is 6.36. The number of nitrogens with zero attached hydrogens (tertiary/aromatic N) is 1. The zero-order valence-electron chi connectivity index (χ0n) is 11.7. The number of halogens is 2. The monoisotopic (exact) mass is 375 g/mol. The minimum atomic E-state index is 0.342. The summed E-state index contributed by atoms with van der Waals surface area (Å²) in [5.41, 5.74) is 1.70. The van der Waals surface area contributed by atoms with Crippen molar-refractivity contribution in [2.75, 3.05) is 18.9 Å². The van der Waals surface area contributed by atoms with E-state index in [1.54, 1.807) is 0 Å². The van der Waals surface area contributed by atoms with Crippen LogP contribution in [0.2, 0.25) is 0 Å². The maximum atomic E-state index is 3.64. The van der Waals surface area contributed by atoms with Crippen LogP contribution in [0, 0.1) is 11.3 Å². The summed E-state index contributed by atoms with van der Waals surface area (Å²) in [5, 5.41) is 1.05. The first-order chi connectivity index (χ1) is 8.32. The highest BCUT2D eigenvalue weighted by molar-refractivity contribution is 9.10. The smallest absolute Gasteiger partial charge is 0.0231 e. The molecule has 0 bridgehead atoms. The number of alkyl halides is 1. The van der Waals surface area contributed by atoms with Gasteiger partial charge in [0.05, 0.1) is 0 Å². The molecule has 0 spiro atoms. The van der Waals surface area contributed by atoms with Gasteiger partial charge < -0.3 is 4.90 Å². The average Bonchev–Trinajstić information content (AvgIpc) is 2.24. The van der Waals surface area contributed by atoms with E-state index in [0.29, 0.717) is 11.3 Å². The topological polar surface area (TPSA) is 3.24 Å². The van der Waals surface area contributed by atoms with Crippen LogP contribution in [0.4, 0.5) is 0 Å². The van der Waals surface area contributed by atoms with Crippen molar-refractivity contribution in [3.8, 4) is 0 Å². The number of hydrogen-bond donors (Lipinski definition) is 0. The SMILES string of the molecule is CN(Cc1cccc(Br)c1)CC(CBr)C(C)(C)C. The molecule has 0 N–H and O–H groups in total. The van der Waals surface area contributed by atoms with E-state index in [-0.39, 0.29) is 0 Å². The second-order valence-corrected chi connectivity index (χ2v) is 7.61. The van der Waals surface area contributed by atoms with E-state index in [0.717, 1.165) is 22.9 Å². The molecule has 0 aromatic heterocycles. The van der Waals surface area contributed by atoms with E-state index in [4.69, 9.17) is 0 Å². The highest BCUT2D eigenvalue weighted by Crippen LogP contribution is 2.28. The van der Waals surface area contributed by atoms with E-state index >= 15 is 0 Å². The Hall–Kier alpha value is 0.140. The molecule has 0 heterocycles. The van der Waals surface area contributed by atoms with Gasteiger partial charge in [-0.05, 0) is 36.1 Å². The van der Waals surface area contributed by atoms with Crippen LogP contribution in [0.25, 0.3) is 0 Å². The first-order valence-electron chi connectivity index (χ1n) is 6.32. The molecule has 0 aliphatic carbocycles. The lowest BCUT2D eigenvalue weighted by molar-refractivity contribution is 0.183. The maximum absolute atomic E-state index is 3.64. The summed E-state index contributed by atoms with van der Waals surface area (Å²) in [7, 11) is 2.20. The average molecular weight is 377 g/mol. The lowest BCUT2D eigenvalue weighted by atomic mass is 9.82. The molecular formula is C15H23Br2N. The van der Waals surface area contributed by atoms with E-state index in [9.17, 15) is 0 Å². The molecule has 0 saturated carbocycles. The van der Waals surface area contributed by atoms with Crippen LogP contribution in [0.15, 0.2) is 28.7 Å². The highest BCUT2D eigenvalue weighted by Gasteiger charge is 2.24. The molecule has 0 saturated heterocycles. The van der Waals surface area contributed by atoms with Crippen LogP contribution in [-0.4, -0.2) is 23.8 Å². The molecule has 1 rings (SSSR count). The lowest BCUT2D eigenvalue weighted by Crippen LogP contribution is -2.34. The molecule has 0 aliphatic rings. The molecule has 102 valence electrons. The van der Waals surface area contributed by atoms with Gasteiger partial charge in [-0.3, -0.25) is 0 Å². The Labute approximate surface area is 128 Å². The van der Waals surface area contributed by atoms with E-state index in [1.807, 2.05) is 0 Å². The van der Waals surface area contributed by atoms with Crippen molar-refractivity contribution in [3.05, 3.63) is 34.3 Å². The van der Waals surface area contributed by atoms with Gasteiger partial charge in [0.2, 0.25) is 0 Å². The predicted octanol–water partition coefficient (Wildman–Crippen LogP) is 4.94. The Morgan fingerprint density at radius 3 is 2.44 bits per heavy atom. The quantitative estimate of drug-likeness (QED) is 0.658. The molecule has 1 nitrogen and oxygen atoms in total. The number of rotatable bonds is 5. The fraction of sp³-hybridized carbons (Fsp3) is 0.600. The molecule has 3 heteroatoms. The van der Waals surface area contributed by atoms with E-state index in [2.05, 4.69) is 88.8 Å². The summed E-state index contributed by atoms with van der Waals surface area (Å²) in [4.78, 5) is 2.40. The fourth-order valence-corrected chi connectivity index (χ4v) is 3.56. The van der Waals surface area contributed by atoms with Crippen molar-refractivity contribution in [2.45, 2.75) is 27.3 Å². The molecule has 1 aromatic rings. The summed E-state index contributed by atoms with van der Waals surface area (Å²) in [5.74, 6) is 0.662. The minimum Gasteiger partial charge on any atom is -0.302 e. The lowest BCUT2D eigenvalue weighted by Gasteiger charge is -2.32. The van der Waals surface area contributed by atoms with Crippen LogP contribution in [-0.2, 0) is 6.54 Å². The zero-order chi connectivity index (χ0) is 13.8. The van der Waals surface area contributed by atoms with Gasteiger partial charge in [0.25, 0.3) is 0 Å². The van der Waals surface area contributed by atoms with Crippen LogP contribution in [0.5, 0.6) is 0 Å². The summed E-state index contributed by atoms with van der Waals surface area (Å²) in [6.45, 7) is 9.05. The van der Waals surface area contributed by atoms with Crippen molar-refractivity contribution < 1.29 is 0 Å². The van der Waals surface area contributed by atoms with Gasteiger partial charge in [-0.25, -0.2) is 0 Å². The molecular weight excluding hydrogens is 354 g/mol. The van der Waals surface area contributed by atoms with Crippen molar-refractivity contribution in [3.63, 3.8) is 0 Å². The molecule has 18 heavy (non-hydrogen) atoms. The Balaban J connectivity index is 2.58. The van der Waals surface area contributed by atoms with Gasteiger partial charge in [0, 0.05) is 22.9 Å². The summed E-state index contributed by atoms with van der Waals surface area (Å²) in [6, 6.07) is 8.54. The van der Waals surface area contributed by atoms with Gasteiger partial charge in [-0.2, -0.15) is 0 Å². The third-order valence-corrected chi connectivity index (χ3v) is 4.56. The first-order valence-corrected chi connectivity index (χ1v) is 8.23. The van der Waals surface area contributed by atoms with Gasteiger partial charge in [-0.1, -0.05) is 64.8 Å². The Bertz CT molecular complexity index is 371. The second-order valence-electron chi connectivity index (χ2n) is 6.04. The van der Waals surface area contributed by atoms with Gasteiger partial charge in [-0.15, -0.1) is 0 Å². The van der Waals surface area contributed by atoms with Gasteiger partial charge >= 0.3 is 0 Å². The second kappa shape index (κ2) is 7.06. The molecule has 1 atom stereocenters. The molecule has 0 amide bonds. The third-order valence-electron chi connectivity index (χ3n) is 3.28. The predicted molar refractivity (Wildman–Crippen MR) is 87.2 cm³/mol. The molecule has 1 unspecified atom stereocenters. The normalized spacial score (nSPS) is 13.9.